The van der Waals surface area contributed by atoms with Gasteiger partial charge >= 0.3 is 0 Å². The van der Waals surface area contributed by atoms with Gasteiger partial charge < -0.3 is 9.64 Å². The Morgan fingerprint density at radius 1 is 1.03 bits per heavy atom. The van der Waals surface area contributed by atoms with Crippen molar-refractivity contribution in [3.63, 3.8) is 0 Å². The summed E-state index contributed by atoms with van der Waals surface area (Å²) in [6.45, 7) is 0.456. The van der Waals surface area contributed by atoms with Crippen molar-refractivity contribution < 1.29 is 18.7 Å². The molecule has 0 aromatic heterocycles. The Balaban J connectivity index is 1.28. The number of rotatable bonds is 7. The zero-order valence-electron chi connectivity index (χ0n) is 17.4. The third-order valence-electron chi connectivity index (χ3n) is 5.26. The highest BCUT2D eigenvalue weighted by Crippen LogP contribution is 2.27. The summed E-state index contributed by atoms with van der Waals surface area (Å²) in [7, 11) is 0. The first-order valence-corrected chi connectivity index (χ1v) is 10.9. The third-order valence-corrected chi connectivity index (χ3v) is 5.97. The van der Waals surface area contributed by atoms with Crippen LogP contribution in [0.4, 0.5) is 15.8 Å². The van der Waals surface area contributed by atoms with Crippen LogP contribution in [0.3, 0.4) is 0 Å². The number of ether oxygens (including phenoxy) is 1. The molecule has 170 valence electrons. The van der Waals surface area contributed by atoms with Gasteiger partial charge in [0.1, 0.15) is 18.2 Å². The van der Waals surface area contributed by atoms with Crippen LogP contribution < -0.4 is 20.5 Å². The molecule has 6 nitrogen and oxygen atoms in total. The van der Waals surface area contributed by atoms with Gasteiger partial charge in [0.15, 0.2) is 0 Å². The van der Waals surface area contributed by atoms with E-state index in [1.807, 2.05) is 0 Å². The van der Waals surface area contributed by atoms with Crippen LogP contribution in [-0.4, -0.2) is 18.4 Å². The van der Waals surface area contributed by atoms with Gasteiger partial charge in [-0.2, -0.15) is 0 Å². The van der Waals surface area contributed by atoms with E-state index in [4.69, 9.17) is 27.9 Å². The van der Waals surface area contributed by atoms with Crippen LogP contribution >= 0.6 is 23.2 Å². The smallest absolute Gasteiger partial charge is 0.243 e. The number of anilines is 2. The average Bonchev–Trinajstić information content (AvgIpc) is 3.20. The maximum atomic E-state index is 13.1. The SMILES string of the molecule is O=C(NNc1ccc(OCc2c(Cl)cccc2Cl)cc1)[C@H]1CC(=O)N(c2ccc(F)cc2)C1. The van der Waals surface area contributed by atoms with Crippen LogP contribution in [0, 0.1) is 11.7 Å². The zero-order valence-corrected chi connectivity index (χ0v) is 18.9. The van der Waals surface area contributed by atoms with Crippen LogP contribution in [0.25, 0.3) is 0 Å². The molecule has 3 aromatic rings. The summed E-state index contributed by atoms with van der Waals surface area (Å²) in [4.78, 5) is 26.3. The third kappa shape index (κ3) is 5.56. The fraction of sp³-hybridized carbons (Fsp3) is 0.167. The molecular formula is C24H20Cl2FN3O3. The van der Waals surface area contributed by atoms with Gasteiger partial charge in [0.25, 0.3) is 0 Å². The Hall–Kier alpha value is -3.29. The Morgan fingerprint density at radius 3 is 2.36 bits per heavy atom. The summed E-state index contributed by atoms with van der Waals surface area (Å²) in [6, 6.07) is 17.9. The first-order valence-electron chi connectivity index (χ1n) is 10.2. The topological polar surface area (TPSA) is 70.7 Å². The first-order chi connectivity index (χ1) is 15.9. The van der Waals surface area contributed by atoms with Crippen molar-refractivity contribution in [3.05, 3.63) is 88.2 Å². The normalized spacial score (nSPS) is 15.4. The van der Waals surface area contributed by atoms with Gasteiger partial charge in [-0.05, 0) is 60.7 Å². The van der Waals surface area contributed by atoms with Crippen molar-refractivity contribution >= 4 is 46.4 Å². The molecule has 0 spiro atoms. The number of carbonyl (C=O) groups excluding carboxylic acids is 2. The van der Waals surface area contributed by atoms with E-state index >= 15 is 0 Å². The Bertz CT molecular complexity index is 1140. The number of hydrazine groups is 1. The monoisotopic (exact) mass is 487 g/mol. The summed E-state index contributed by atoms with van der Waals surface area (Å²) in [6.07, 6.45) is 0.0856. The molecule has 0 unspecified atom stereocenters. The fourth-order valence-corrected chi connectivity index (χ4v) is 3.96. The van der Waals surface area contributed by atoms with Gasteiger partial charge in [-0.15, -0.1) is 0 Å². The van der Waals surface area contributed by atoms with Gasteiger partial charge in [-0.3, -0.25) is 20.4 Å². The highest BCUT2D eigenvalue weighted by Gasteiger charge is 2.35. The number of nitrogens with one attached hydrogen (secondary N) is 2. The lowest BCUT2D eigenvalue weighted by molar-refractivity contribution is -0.125. The molecule has 2 amide bonds. The lowest BCUT2D eigenvalue weighted by atomic mass is 10.1. The van der Waals surface area contributed by atoms with Gasteiger partial charge in [-0.25, -0.2) is 4.39 Å². The number of carbonyl (C=O) groups is 2. The van der Waals surface area contributed by atoms with E-state index in [1.54, 1.807) is 42.5 Å². The number of hydrogen-bond acceptors (Lipinski definition) is 4. The second kappa shape index (κ2) is 10.1. The Morgan fingerprint density at radius 2 is 1.70 bits per heavy atom. The number of halogens is 3. The molecule has 9 heteroatoms. The molecule has 0 radical (unpaired) electrons. The summed E-state index contributed by atoms with van der Waals surface area (Å²) < 4.78 is 18.9. The lowest BCUT2D eigenvalue weighted by Gasteiger charge is -2.17. The molecule has 1 fully saturated rings. The van der Waals surface area contributed by atoms with Crippen LogP contribution in [0.2, 0.25) is 10.0 Å². The van der Waals surface area contributed by atoms with Crippen LogP contribution in [0.5, 0.6) is 5.75 Å². The summed E-state index contributed by atoms with van der Waals surface area (Å²) in [5, 5.41) is 1.07. The second-order valence-electron chi connectivity index (χ2n) is 7.51. The minimum absolute atomic E-state index is 0.0856. The minimum atomic E-state index is -0.516. The number of benzene rings is 3. The summed E-state index contributed by atoms with van der Waals surface area (Å²) in [5.74, 6) is -0.770. The molecule has 1 saturated heterocycles. The van der Waals surface area contributed by atoms with Crippen molar-refractivity contribution in [2.75, 3.05) is 16.9 Å². The van der Waals surface area contributed by atoms with Crippen molar-refractivity contribution in [2.45, 2.75) is 13.0 Å². The highest BCUT2D eigenvalue weighted by molar-refractivity contribution is 6.35. The molecule has 1 atom stereocenters. The minimum Gasteiger partial charge on any atom is -0.489 e. The Kier molecular flexibility index (Phi) is 7.01. The maximum absolute atomic E-state index is 13.1. The highest BCUT2D eigenvalue weighted by atomic mass is 35.5. The van der Waals surface area contributed by atoms with Gasteiger partial charge in [0.05, 0.1) is 11.6 Å². The van der Waals surface area contributed by atoms with Gasteiger partial charge in [0.2, 0.25) is 11.8 Å². The predicted octanol–water partition coefficient (Wildman–Crippen LogP) is 5.21. The molecule has 1 aliphatic rings. The number of nitrogens with zero attached hydrogens (tertiary/aromatic N) is 1. The first kappa shape index (κ1) is 22.9. The molecule has 1 aliphatic heterocycles. The fourth-order valence-electron chi connectivity index (χ4n) is 3.45. The van der Waals surface area contributed by atoms with E-state index in [-0.39, 0.29) is 37.2 Å². The molecule has 33 heavy (non-hydrogen) atoms. The summed E-state index contributed by atoms with van der Waals surface area (Å²) >= 11 is 12.3. The van der Waals surface area contributed by atoms with Crippen LogP contribution in [-0.2, 0) is 16.2 Å². The van der Waals surface area contributed by atoms with E-state index in [0.29, 0.717) is 32.7 Å². The largest absolute Gasteiger partial charge is 0.489 e. The molecule has 1 heterocycles. The molecule has 0 saturated carbocycles. The predicted molar refractivity (Wildman–Crippen MR) is 126 cm³/mol. The van der Waals surface area contributed by atoms with Gasteiger partial charge in [0, 0.05) is 34.3 Å². The standard InChI is InChI=1S/C24H20Cl2FN3O3/c25-21-2-1-3-22(26)20(21)14-33-19-10-6-17(7-11-19)28-29-24(32)15-12-23(31)30(13-15)18-8-4-16(27)5-9-18/h1-11,15,28H,12-14H2,(H,29,32)/t15-/m0/s1. The quantitative estimate of drug-likeness (QED) is 0.449. The molecular weight excluding hydrogens is 468 g/mol. The Labute approximate surface area is 200 Å². The van der Waals surface area contributed by atoms with Crippen molar-refractivity contribution in [3.8, 4) is 5.75 Å². The second-order valence-corrected chi connectivity index (χ2v) is 8.32. The lowest BCUT2D eigenvalue weighted by Crippen LogP contribution is -2.36. The zero-order chi connectivity index (χ0) is 23.4. The van der Waals surface area contributed by atoms with Crippen LogP contribution in [0.15, 0.2) is 66.7 Å². The molecule has 3 aromatic carbocycles. The summed E-state index contributed by atoms with van der Waals surface area (Å²) in [5.41, 5.74) is 7.39. The van der Waals surface area contributed by atoms with E-state index in [9.17, 15) is 14.0 Å². The maximum Gasteiger partial charge on any atom is 0.243 e. The molecule has 0 bridgehead atoms. The molecule has 0 aliphatic carbocycles. The van der Waals surface area contributed by atoms with Gasteiger partial charge in [-0.1, -0.05) is 29.3 Å². The number of amides is 2. The van der Waals surface area contributed by atoms with Crippen molar-refractivity contribution in [2.24, 2.45) is 5.92 Å². The van der Waals surface area contributed by atoms with E-state index < -0.39 is 5.92 Å². The van der Waals surface area contributed by atoms with E-state index in [1.165, 1.54) is 29.2 Å². The number of hydrogen-bond donors (Lipinski definition) is 2. The van der Waals surface area contributed by atoms with Crippen molar-refractivity contribution in [1.82, 2.24) is 5.43 Å². The molecule has 4 rings (SSSR count). The van der Waals surface area contributed by atoms with Crippen molar-refractivity contribution in [1.29, 1.82) is 0 Å². The molecule has 2 N–H and O–H groups in total. The van der Waals surface area contributed by atoms with E-state index in [2.05, 4.69) is 10.9 Å². The average molecular weight is 488 g/mol. The van der Waals surface area contributed by atoms with E-state index in [0.717, 1.165) is 0 Å². The van der Waals surface area contributed by atoms with Crippen LogP contribution in [0.1, 0.15) is 12.0 Å².